The molecule has 4 rings (SSSR count). The van der Waals surface area contributed by atoms with Gasteiger partial charge in [-0.25, -0.2) is 0 Å². The maximum atomic E-state index is 11.7. The van der Waals surface area contributed by atoms with Crippen molar-refractivity contribution in [1.82, 2.24) is 5.32 Å². The summed E-state index contributed by atoms with van der Waals surface area (Å²) in [6, 6.07) is 0. The third-order valence-electron chi connectivity index (χ3n) is 7.49. The number of hydrogen-bond donors (Lipinski definition) is 3. The molecule has 4 heteroatoms. The van der Waals surface area contributed by atoms with Crippen molar-refractivity contribution in [2.75, 3.05) is 0 Å². The Labute approximate surface area is 132 Å². The van der Waals surface area contributed by atoms with Gasteiger partial charge in [0, 0.05) is 17.5 Å². The Bertz CT molecular complexity index is 544. The second-order valence-electron chi connectivity index (χ2n) is 8.49. The highest BCUT2D eigenvalue weighted by Crippen LogP contribution is 2.63. The normalized spacial score (nSPS) is 53.9. The van der Waals surface area contributed by atoms with Crippen molar-refractivity contribution in [2.24, 2.45) is 28.6 Å². The summed E-state index contributed by atoms with van der Waals surface area (Å²) in [7, 11) is 0. The van der Waals surface area contributed by atoms with Crippen LogP contribution < -0.4 is 5.32 Å². The van der Waals surface area contributed by atoms with E-state index in [4.69, 9.17) is 0 Å². The molecule has 1 saturated heterocycles. The molecule has 0 spiro atoms. The van der Waals surface area contributed by atoms with Gasteiger partial charge in [-0.2, -0.15) is 0 Å². The van der Waals surface area contributed by atoms with E-state index in [0.717, 1.165) is 31.4 Å². The molecule has 3 aliphatic carbocycles. The topological polar surface area (TPSA) is 69.6 Å². The Balaban J connectivity index is 1.74. The van der Waals surface area contributed by atoms with Crippen LogP contribution in [0.25, 0.3) is 0 Å². The number of aliphatic hydroxyl groups excluding tert-OH is 2. The summed E-state index contributed by atoms with van der Waals surface area (Å²) in [5, 5.41) is 24.4. The van der Waals surface area contributed by atoms with Gasteiger partial charge in [-0.15, -0.1) is 0 Å². The molecule has 2 saturated carbocycles. The number of hydrogen-bond acceptors (Lipinski definition) is 3. The Morgan fingerprint density at radius 1 is 1.27 bits per heavy atom. The molecule has 3 N–H and O–H groups in total. The fraction of sp³-hybridized carbons (Fsp3) is 0.833. The van der Waals surface area contributed by atoms with Gasteiger partial charge < -0.3 is 15.5 Å². The highest BCUT2D eigenvalue weighted by molar-refractivity contribution is 5.79. The van der Waals surface area contributed by atoms with Crippen molar-refractivity contribution < 1.29 is 15.0 Å². The fourth-order valence-electron chi connectivity index (χ4n) is 6.30. The van der Waals surface area contributed by atoms with Gasteiger partial charge in [0.25, 0.3) is 0 Å². The monoisotopic (exact) mass is 305 g/mol. The molecule has 1 heterocycles. The zero-order valence-electron chi connectivity index (χ0n) is 13.5. The van der Waals surface area contributed by atoms with Crippen LogP contribution in [0.4, 0.5) is 0 Å². The predicted octanol–water partition coefficient (Wildman–Crippen LogP) is 1.96. The van der Waals surface area contributed by atoms with Crippen molar-refractivity contribution >= 4 is 5.91 Å². The lowest BCUT2D eigenvalue weighted by Crippen LogP contribution is -2.58. The minimum atomic E-state index is -0.386. The standard InChI is InChI=1S/C18H27NO3/c1-17-8-7-15(22)19-13(17)5-3-10-11-4-6-14(21)18(11,2)9-12(20)16(10)17/h5,10-12,14,16,20-21H,3-4,6-9H2,1-2H3,(H,19,22)/t10?,11?,12?,14-,16?,17?,18?/m0/s1. The molecule has 0 radical (unpaired) electrons. The third kappa shape index (κ3) is 1.74. The highest BCUT2D eigenvalue weighted by atomic mass is 16.3. The molecule has 7 atom stereocenters. The van der Waals surface area contributed by atoms with Crippen LogP contribution >= 0.6 is 0 Å². The quantitative estimate of drug-likeness (QED) is 0.641. The molecule has 122 valence electrons. The number of carbonyl (C=O) groups is 1. The lowest BCUT2D eigenvalue weighted by molar-refractivity contribution is -0.141. The van der Waals surface area contributed by atoms with Crippen LogP contribution in [0.15, 0.2) is 11.8 Å². The zero-order chi connectivity index (χ0) is 15.7. The average molecular weight is 305 g/mol. The SMILES string of the molecule is CC12CCC(=O)NC1=CCC1C2C(O)CC2(C)C1CC[C@@H]2O. The summed E-state index contributed by atoms with van der Waals surface area (Å²) >= 11 is 0. The minimum absolute atomic E-state index is 0.105. The second kappa shape index (κ2) is 4.57. The van der Waals surface area contributed by atoms with E-state index in [1.807, 2.05) is 0 Å². The van der Waals surface area contributed by atoms with Crippen LogP contribution in [-0.4, -0.2) is 28.3 Å². The van der Waals surface area contributed by atoms with Crippen LogP contribution in [0.3, 0.4) is 0 Å². The Morgan fingerprint density at radius 2 is 2.05 bits per heavy atom. The first-order valence-corrected chi connectivity index (χ1v) is 8.73. The van der Waals surface area contributed by atoms with Crippen LogP contribution in [-0.2, 0) is 4.79 Å². The van der Waals surface area contributed by atoms with E-state index in [0.29, 0.717) is 24.7 Å². The number of piperidine rings is 1. The summed E-state index contributed by atoms with van der Waals surface area (Å²) < 4.78 is 0. The summed E-state index contributed by atoms with van der Waals surface area (Å²) in [4.78, 5) is 11.7. The molecule has 1 amide bonds. The predicted molar refractivity (Wildman–Crippen MR) is 82.6 cm³/mol. The van der Waals surface area contributed by atoms with Gasteiger partial charge in [-0.3, -0.25) is 4.79 Å². The Hall–Kier alpha value is -0.870. The van der Waals surface area contributed by atoms with Crippen LogP contribution in [0, 0.1) is 28.6 Å². The van der Waals surface area contributed by atoms with E-state index in [9.17, 15) is 15.0 Å². The largest absolute Gasteiger partial charge is 0.393 e. The summed E-state index contributed by atoms with van der Waals surface area (Å²) in [5.41, 5.74) is 0.775. The van der Waals surface area contributed by atoms with Crippen LogP contribution in [0.5, 0.6) is 0 Å². The first-order valence-electron chi connectivity index (χ1n) is 8.73. The van der Waals surface area contributed by atoms with Crippen LogP contribution in [0.2, 0.25) is 0 Å². The maximum absolute atomic E-state index is 11.7. The lowest BCUT2D eigenvalue weighted by atomic mass is 9.49. The van der Waals surface area contributed by atoms with Gasteiger partial charge in [0.05, 0.1) is 12.2 Å². The van der Waals surface area contributed by atoms with Crippen molar-refractivity contribution in [3.05, 3.63) is 11.8 Å². The summed E-state index contributed by atoms with van der Waals surface area (Å²) in [5.74, 6) is 1.22. The molecule has 0 aromatic heterocycles. The van der Waals surface area contributed by atoms with E-state index in [2.05, 4.69) is 25.2 Å². The Kier molecular flexibility index (Phi) is 3.06. The van der Waals surface area contributed by atoms with E-state index >= 15 is 0 Å². The van der Waals surface area contributed by atoms with Gasteiger partial charge in [-0.1, -0.05) is 19.9 Å². The molecular weight excluding hydrogens is 278 g/mol. The highest BCUT2D eigenvalue weighted by Gasteiger charge is 2.61. The van der Waals surface area contributed by atoms with Crippen molar-refractivity contribution in [3.8, 4) is 0 Å². The molecule has 4 nitrogen and oxygen atoms in total. The van der Waals surface area contributed by atoms with Crippen molar-refractivity contribution in [2.45, 2.75) is 64.6 Å². The smallest absolute Gasteiger partial charge is 0.224 e. The van der Waals surface area contributed by atoms with E-state index < -0.39 is 0 Å². The van der Waals surface area contributed by atoms with Gasteiger partial charge in [0.2, 0.25) is 5.91 Å². The number of aliphatic hydroxyl groups is 2. The molecule has 0 aromatic carbocycles. The van der Waals surface area contributed by atoms with E-state index in [-0.39, 0.29) is 34.9 Å². The number of amides is 1. The third-order valence-corrected chi connectivity index (χ3v) is 7.49. The lowest BCUT2D eigenvalue weighted by Gasteiger charge is -2.58. The number of carbonyl (C=O) groups excluding carboxylic acids is 1. The number of nitrogens with one attached hydrogen (secondary N) is 1. The van der Waals surface area contributed by atoms with Gasteiger partial charge in [0.1, 0.15) is 0 Å². The molecule has 6 unspecified atom stereocenters. The van der Waals surface area contributed by atoms with E-state index in [1.165, 1.54) is 0 Å². The minimum Gasteiger partial charge on any atom is -0.393 e. The summed E-state index contributed by atoms with van der Waals surface area (Å²) in [6.45, 7) is 4.38. The Morgan fingerprint density at radius 3 is 2.82 bits per heavy atom. The number of allylic oxidation sites excluding steroid dienone is 2. The first-order chi connectivity index (χ1) is 10.4. The molecule has 1 aliphatic heterocycles. The van der Waals surface area contributed by atoms with Gasteiger partial charge in [0.15, 0.2) is 0 Å². The maximum Gasteiger partial charge on any atom is 0.224 e. The molecule has 0 aromatic rings. The zero-order valence-corrected chi connectivity index (χ0v) is 13.5. The molecule has 0 bridgehead atoms. The van der Waals surface area contributed by atoms with E-state index in [1.54, 1.807) is 0 Å². The van der Waals surface area contributed by atoms with Crippen LogP contribution in [0.1, 0.15) is 52.4 Å². The summed E-state index contributed by atoms with van der Waals surface area (Å²) in [6.07, 6.45) is 6.44. The molecule has 3 fully saturated rings. The first kappa shape index (κ1) is 14.7. The molecule has 22 heavy (non-hydrogen) atoms. The fourth-order valence-corrected chi connectivity index (χ4v) is 6.30. The van der Waals surface area contributed by atoms with Crippen molar-refractivity contribution in [1.29, 1.82) is 0 Å². The molecule has 4 aliphatic rings. The van der Waals surface area contributed by atoms with Gasteiger partial charge in [-0.05, 0) is 55.3 Å². The van der Waals surface area contributed by atoms with Crippen molar-refractivity contribution in [3.63, 3.8) is 0 Å². The molecular formula is C18H27NO3. The second-order valence-corrected chi connectivity index (χ2v) is 8.49. The number of rotatable bonds is 0. The van der Waals surface area contributed by atoms with Gasteiger partial charge >= 0.3 is 0 Å². The average Bonchev–Trinajstić information content (AvgIpc) is 2.75. The number of fused-ring (bicyclic) bond motifs is 5.